The Hall–Kier alpha value is -4.14. The summed E-state index contributed by atoms with van der Waals surface area (Å²) in [5, 5.41) is 10.4. The van der Waals surface area contributed by atoms with Crippen molar-refractivity contribution in [1.82, 2.24) is 24.6 Å². The van der Waals surface area contributed by atoms with Gasteiger partial charge in [-0.3, -0.25) is 14.3 Å². The number of nitrogens with zero attached hydrogens (tertiary/aromatic N) is 4. The maximum atomic E-state index is 13.3. The maximum absolute atomic E-state index is 13.3. The van der Waals surface area contributed by atoms with Crippen LogP contribution in [0.2, 0.25) is 0 Å². The van der Waals surface area contributed by atoms with Crippen LogP contribution in [-0.2, 0) is 20.5 Å². The van der Waals surface area contributed by atoms with E-state index in [0.717, 1.165) is 22.6 Å². The maximum Gasteiger partial charge on any atom is 0.259 e. The number of benzene rings is 2. The first-order chi connectivity index (χ1) is 16.7. The number of rotatable bonds is 7. The van der Waals surface area contributed by atoms with Gasteiger partial charge in [0.2, 0.25) is 0 Å². The molecule has 1 atom stereocenters. The number of hydrogen-bond donors (Lipinski definition) is 2. The van der Waals surface area contributed by atoms with Crippen molar-refractivity contribution < 1.29 is 14.3 Å². The van der Waals surface area contributed by atoms with Crippen LogP contribution < -0.4 is 15.4 Å². The predicted octanol–water partition coefficient (Wildman–Crippen LogP) is 3.93. The molecule has 0 spiro atoms. The standard InChI is InChI=1S/C26H30N6O3/c1-7-23-28-20-12-17(25(33)27-15(2)19-14-31(4)30-16(19)3)13-21(24(20)32(23)5)29-26(34)18-10-8-9-11-22(18)35-6/h8-15H,7H2,1-6H3,(H,27,33)(H,29,34). The van der Waals surface area contributed by atoms with E-state index in [4.69, 9.17) is 9.72 Å². The zero-order valence-corrected chi connectivity index (χ0v) is 20.8. The lowest BCUT2D eigenvalue weighted by atomic mass is 10.1. The lowest BCUT2D eigenvalue weighted by molar-refractivity contribution is 0.0938. The number of fused-ring (bicyclic) bond motifs is 1. The van der Waals surface area contributed by atoms with Crippen LogP contribution >= 0.6 is 0 Å². The van der Waals surface area contributed by atoms with Gasteiger partial charge in [-0.1, -0.05) is 19.1 Å². The normalized spacial score (nSPS) is 11.9. The van der Waals surface area contributed by atoms with E-state index in [1.807, 2.05) is 45.6 Å². The third-order valence-electron chi connectivity index (χ3n) is 6.11. The molecule has 35 heavy (non-hydrogen) atoms. The van der Waals surface area contributed by atoms with Crippen LogP contribution in [0.3, 0.4) is 0 Å². The molecule has 0 radical (unpaired) electrons. The first kappa shape index (κ1) is 24.0. The molecule has 0 bridgehead atoms. The summed E-state index contributed by atoms with van der Waals surface area (Å²) in [6, 6.07) is 10.2. The molecule has 2 amide bonds. The lowest BCUT2D eigenvalue weighted by Crippen LogP contribution is -2.27. The molecule has 2 heterocycles. The van der Waals surface area contributed by atoms with Gasteiger partial charge in [0.15, 0.2) is 0 Å². The molecular formula is C26H30N6O3. The minimum absolute atomic E-state index is 0.242. The second-order valence-corrected chi connectivity index (χ2v) is 8.53. The number of aromatic nitrogens is 4. The Labute approximate surface area is 204 Å². The van der Waals surface area contributed by atoms with Gasteiger partial charge in [0.25, 0.3) is 11.8 Å². The molecule has 9 heteroatoms. The predicted molar refractivity (Wildman–Crippen MR) is 135 cm³/mol. The quantitative estimate of drug-likeness (QED) is 0.422. The van der Waals surface area contributed by atoms with Crippen molar-refractivity contribution >= 4 is 28.5 Å². The van der Waals surface area contributed by atoms with E-state index in [9.17, 15) is 9.59 Å². The zero-order valence-electron chi connectivity index (χ0n) is 20.8. The van der Waals surface area contributed by atoms with Crippen LogP contribution in [0.5, 0.6) is 5.75 Å². The summed E-state index contributed by atoms with van der Waals surface area (Å²) in [4.78, 5) is 31.1. The molecule has 0 aliphatic rings. The van der Waals surface area contributed by atoms with Crippen LogP contribution in [0.1, 0.15) is 57.7 Å². The first-order valence-electron chi connectivity index (χ1n) is 11.5. The Morgan fingerprint density at radius 1 is 1.14 bits per heavy atom. The molecule has 0 saturated heterocycles. The monoisotopic (exact) mass is 474 g/mol. The number of amides is 2. The average molecular weight is 475 g/mol. The van der Waals surface area contributed by atoms with E-state index in [1.165, 1.54) is 7.11 Å². The Morgan fingerprint density at radius 3 is 2.54 bits per heavy atom. The summed E-state index contributed by atoms with van der Waals surface area (Å²) in [6.45, 7) is 5.84. The van der Waals surface area contributed by atoms with Crippen LogP contribution in [0, 0.1) is 6.92 Å². The van der Waals surface area contributed by atoms with Crippen LogP contribution in [0.4, 0.5) is 5.69 Å². The van der Waals surface area contributed by atoms with Crippen molar-refractivity contribution in [2.75, 3.05) is 12.4 Å². The molecule has 4 rings (SSSR count). The van der Waals surface area contributed by atoms with Crippen molar-refractivity contribution in [3.63, 3.8) is 0 Å². The zero-order chi connectivity index (χ0) is 25.3. The van der Waals surface area contributed by atoms with Crippen LogP contribution in [-0.4, -0.2) is 38.3 Å². The Kier molecular flexibility index (Phi) is 6.59. The number of hydrogen-bond acceptors (Lipinski definition) is 5. The molecule has 1 unspecified atom stereocenters. The molecular weight excluding hydrogens is 444 g/mol. The van der Waals surface area contributed by atoms with Gasteiger partial charge < -0.3 is 19.9 Å². The first-order valence-corrected chi connectivity index (χ1v) is 11.5. The Balaban J connectivity index is 1.72. The second-order valence-electron chi connectivity index (χ2n) is 8.53. The number of carbonyl (C=O) groups excluding carboxylic acids is 2. The van der Waals surface area contributed by atoms with Crippen molar-refractivity contribution in [2.24, 2.45) is 14.1 Å². The van der Waals surface area contributed by atoms with E-state index >= 15 is 0 Å². The van der Waals surface area contributed by atoms with E-state index in [-0.39, 0.29) is 17.9 Å². The van der Waals surface area contributed by atoms with Crippen LogP contribution in [0.15, 0.2) is 42.6 Å². The van der Waals surface area contributed by atoms with E-state index < -0.39 is 0 Å². The fraction of sp³-hybridized carbons (Fsp3) is 0.308. The Morgan fingerprint density at radius 2 is 1.89 bits per heavy atom. The molecule has 4 aromatic rings. The highest BCUT2D eigenvalue weighted by Crippen LogP contribution is 2.29. The number of imidazole rings is 1. The summed E-state index contributed by atoms with van der Waals surface area (Å²) in [5.41, 5.74) is 4.49. The third kappa shape index (κ3) is 4.62. The Bertz CT molecular complexity index is 1420. The van der Waals surface area contributed by atoms with Crippen LogP contribution in [0.25, 0.3) is 11.0 Å². The van der Waals surface area contributed by atoms with Crippen molar-refractivity contribution in [1.29, 1.82) is 0 Å². The van der Waals surface area contributed by atoms with Gasteiger partial charge in [-0.05, 0) is 38.1 Å². The number of methoxy groups -OCH3 is 1. The molecule has 0 aliphatic carbocycles. The van der Waals surface area contributed by atoms with E-state index in [0.29, 0.717) is 34.5 Å². The van der Waals surface area contributed by atoms with Crippen molar-refractivity contribution in [2.45, 2.75) is 33.2 Å². The molecule has 182 valence electrons. The molecule has 2 aromatic heterocycles. The summed E-state index contributed by atoms with van der Waals surface area (Å²) in [6.07, 6.45) is 2.61. The van der Waals surface area contributed by atoms with Gasteiger partial charge in [0.05, 0.1) is 41.1 Å². The molecule has 0 saturated carbocycles. The number of para-hydroxylation sites is 1. The number of anilines is 1. The van der Waals surface area contributed by atoms with Crippen molar-refractivity contribution in [3.05, 3.63) is 70.8 Å². The highest BCUT2D eigenvalue weighted by Gasteiger charge is 2.21. The average Bonchev–Trinajstić information content (AvgIpc) is 3.36. The highest BCUT2D eigenvalue weighted by molar-refractivity contribution is 6.11. The fourth-order valence-corrected chi connectivity index (χ4v) is 4.37. The van der Waals surface area contributed by atoms with Gasteiger partial charge in [0, 0.05) is 37.8 Å². The SMILES string of the molecule is CCc1nc2cc(C(=O)NC(C)c3cn(C)nc3C)cc(NC(=O)c3ccccc3OC)c2n1C. The van der Waals surface area contributed by atoms with E-state index in [1.54, 1.807) is 41.1 Å². The summed E-state index contributed by atoms with van der Waals surface area (Å²) < 4.78 is 9.01. The molecule has 2 aromatic carbocycles. The van der Waals surface area contributed by atoms with Gasteiger partial charge >= 0.3 is 0 Å². The topological polar surface area (TPSA) is 103 Å². The van der Waals surface area contributed by atoms with Gasteiger partial charge in [-0.2, -0.15) is 5.10 Å². The summed E-state index contributed by atoms with van der Waals surface area (Å²) >= 11 is 0. The number of ether oxygens (including phenoxy) is 1. The summed E-state index contributed by atoms with van der Waals surface area (Å²) in [5.74, 6) is 0.721. The van der Waals surface area contributed by atoms with Gasteiger partial charge in [-0.25, -0.2) is 4.98 Å². The molecule has 0 fully saturated rings. The van der Waals surface area contributed by atoms with E-state index in [2.05, 4.69) is 15.7 Å². The molecule has 0 aliphatic heterocycles. The van der Waals surface area contributed by atoms with Gasteiger partial charge in [0.1, 0.15) is 11.6 Å². The molecule has 2 N–H and O–H groups in total. The minimum atomic E-state index is -0.333. The number of aryl methyl sites for hydroxylation is 4. The smallest absolute Gasteiger partial charge is 0.259 e. The fourth-order valence-electron chi connectivity index (χ4n) is 4.37. The van der Waals surface area contributed by atoms with Crippen molar-refractivity contribution in [3.8, 4) is 5.75 Å². The third-order valence-corrected chi connectivity index (χ3v) is 6.11. The highest BCUT2D eigenvalue weighted by atomic mass is 16.5. The minimum Gasteiger partial charge on any atom is -0.496 e. The molecule has 9 nitrogen and oxygen atoms in total. The number of carbonyl (C=O) groups is 2. The largest absolute Gasteiger partial charge is 0.496 e. The second kappa shape index (κ2) is 9.61. The number of nitrogens with one attached hydrogen (secondary N) is 2. The van der Waals surface area contributed by atoms with Gasteiger partial charge in [-0.15, -0.1) is 0 Å². The summed E-state index contributed by atoms with van der Waals surface area (Å²) in [7, 11) is 5.27. The lowest BCUT2D eigenvalue weighted by Gasteiger charge is -2.15.